The normalized spacial score (nSPS) is 24.3. The molecular weight excluding hydrogens is 697 g/mol. The van der Waals surface area contributed by atoms with Crippen LogP contribution in [0.4, 0.5) is 5.13 Å². The minimum absolute atomic E-state index is 0.0821. The van der Waals surface area contributed by atoms with E-state index in [1.54, 1.807) is 11.3 Å². The predicted octanol–water partition coefficient (Wildman–Crippen LogP) is 14.7. The molecule has 3 aliphatic rings. The highest BCUT2D eigenvalue weighted by Gasteiger charge is 2.58. The maximum absolute atomic E-state index is 13.2. The van der Waals surface area contributed by atoms with E-state index in [0.717, 1.165) is 47.4 Å². The van der Waals surface area contributed by atoms with E-state index in [2.05, 4.69) is 49.3 Å². The van der Waals surface area contributed by atoms with Crippen molar-refractivity contribution in [3.8, 4) is 5.75 Å². The summed E-state index contributed by atoms with van der Waals surface area (Å²) in [5.41, 5.74) is 3.26. The number of nitrogens with zero attached hydrogens (tertiary/aromatic N) is 1. The van der Waals surface area contributed by atoms with Crippen molar-refractivity contribution >= 4 is 28.3 Å². The molecule has 3 aliphatic carbocycles. The molecule has 0 bridgehead atoms. The molecule has 5 nitrogen and oxygen atoms in total. The van der Waals surface area contributed by atoms with Gasteiger partial charge in [0.15, 0.2) is 5.13 Å². The van der Waals surface area contributed by atoms with Gasteiger partial charge >= 0.3 is 5.97 Å². The number of thiazole rings is 1. The maximum Gasteiger partial charge on any atom is 0.311 e. The Morgan fingerprint density at radius 1 is 0.818 bits per heavy atom. The molecule has 5 rings (SSSR count). The Bertz CT molecular complexity index is 1440. The fourth-order valence-corrected chi connectivity index (χ4v) is 12.0. The van der Waals surface area contributed by atoms with Crippen molar-refractivity contribution in [3.05, 3.63) is 40.4 Å². The average molecular weight is 775 g/mol. The van der Waals surface area contributed by atoms with Crippen LogP contribution >= 0.6 is 11.3 Å². The zero-order valence-electron chi connectivity index (χ0n) is 35.6. The molecule has 0 radical (unpaired) electrons. The lowest BCUT2D eigenvalue weighted by Crippen LogP contribution is -2.44. The second kappa shape index (κ2) is 23.3. The van der Waals surface area contributed by atoms with E-state index in [-0.39, 0.29) is 11.9 Å². The Kier molecular flexibility index (Phi) is 18.6. The molecule has 1 aromatic heterocycles. The molecule has 0 spiro atoms. The van der Waals surface area contributed by atoms with Crippen LogP contribution in [0.5, 0.6) is 5.75 Å². The smallest absolute Gasteiger partial charge is 0.311 e. The zero-order valence-corrected chi connectivity index (χ0v) is 36.4. The van der Waals surface area contributed by atoms with E-state index in [4.69, 9.17) is 4.74 Å². The van der Waals surface area contributed by atoms with Gasteiger partial charge < -0.3 is 10.1 Å². The van der Waals surface area contributed by atoms with Crippen LogP contribution in [-0.2, 0) is 16.0 Å². The monoisotopic (exact) mass is 775 g/mol. The first-order chi connectivity index (χ1) is 26.8. The molecule has 2 saturated carbocycles. The summed E-state index contributed by atoms with van der Waals surface area (Å²) in [5, 5.41) is 3.83. The summed E-state index contributed by atoms with van der Waals surface area (Å²) in [5.74, 6) is 4.02. The molecule has 4 unspecified atom stereocenters. The number of fused-ring (bicyclic) bond motifs is 5. The van der Waals surface area contributed by atoms with E-state index in [0.29, 0.717) is 41.9 Å². The van der Waals surface area contributed by atoms with Crippen molar-refractivity contribution < 1.29 is 14.3 Å². The fraction of sp³-hybridized carbons (Fsp3) is 0.776. The highest BCUT2D eigenvalue weighted by atomic mass is 32.1. The molecule has 1 aromatic carbocycles. The van der Waals surface area contributed by atoms with Gasteiger partial charge in [0.1, 0.15) is 5.75 Å². The SMILES string of the molecule is CCCCCCCCCCCCC1C[C@@H](CCC(=O)Nc2ncc(C)s2)C2C3CCc4cc(OC(=O)CCCCCCCCCCC)ccc4C3CC[C@]12C. The third kappa shape index (κ3) is 13.2. The van der Waals surface area contributed by atoms with Gasteiger partial charge in [0.25, 0.3) is 0 Å². The zero-order chi connectivity index (χ0) is 38.9. The minimum Gasteiger partial charge on any atom is -0.427 e. The minimum atomic E-state index is -0.0821. The number of carbonyl (C=O) groups is 2. The first kappa shape index (κ1) is 43.9. The van der Waals surface area contributed by atoms with Gasteiger partial charge in [-0.1, -0.05) is 142 Å². The number of hydrogen-bond donors (Lipinski definition) is 1. The molecule has 1 amide bonds. The number of carbonyl (C=O) groups excluding carboxylic acids is 2. The highest BCUT2D eigenvalue weighted by Crippen LogP contribution is 2.66. The maximum atomic E-state index is 13.2. The molecule has 1 N–H and O–H groups in total. The number of benzene rings is 1. The molecule has 0 saturated heterocycles. The van der Waals surface area contributed by atoms with Crippen molar-refractivity contribution in [1.29, 1.82) is 0 Å². The quantitative estimate of drug-likeness (QED) is 0.0587. The van der Waals surface area contributed by atoms with Gasteiger partial charge in [-0.3, -0.25) is 9.59 Å². The molecular formula is C49H78N2O3S. The van der Waals surface area contributed by atoms with Crippen LogP contribution in [0.1, 0.15) is 216 Å². The van der Waals surface area contributed by atoms with E-state index in [1.807, 2.05) is 13.1 Å². The van der Waals surface area contributed by atoms with Crippen molar-refractivity contribution in [3.63, 3.8) is 0 Å². The average Bonchev–Trinajstić information content (AvgIpc) is 3.72. The lowest BCUT2D eigenvalue weighted by molar-refractivity contribution is -0.134. The van der Waals surface area contributed by atoms with Gasteiger partial charge in [0.2, 0.25) is 5.91 Å². The fourth-order valence-electron chi connectivity index (χ4n) is 11.3. The third-order valence-electron chi connectivity index (χ3n) is 14.3. The number of amides is 1. The van der Waals surface area contributed by atoms with Crippen LogP contribution in [0.2, 0.25) is 0 Å². The predicted molar refractivity (Wildman–Crippen MR) is 232 cm³/mol. The summed E-state index contributed by atoms with van der Waals surface area (Å²) in [6, 6.07) is 6.58. The lowest BCUT2D eigenvalue weighted by atomic mass is 9.52. The van der Waals surface area contributed by atoms with Gasteiger partial charge in [-0.05, 0) is 117 Å². The van der Waals surface area contributed by atoms with Crippen molar-refractivity contribution in [2.75, 3.05) is 5.32 Å². The molecule has 55 heavy (non-hydrogen) atoms. The third-order valence-corrected chi connectivity index (χ3v) is 15.1. The number of unbranched alkanes of at least 4 members (excludes halogenated alkanes) is 17. The standard InChI is InChI=1S/C49H78N2O3S/c1-5-7-9-11-13-15-17-18-20-22-24-40-34-39(27-31-45(52)51-48-50-36-37(3)55-48)47-44-29-26-38-35-41(28-30-42(38)43(44)32-33-49(40,47)4)54-46(53)25-23-21-19-16-14-12-10-8-6-2/h28,30,35-36,39-40,43-44,47H,5-27,29,31-34H2,1-4H3,(H,50,51,52)/t39-,40?,43?,44?,47?,49-/m1/s1. The summed E-state index contributed by atoms with van der Waals surface area (Å²) in [7, 11) is 0. The Labute approximate surface area is 340 Å². The Morgan fingerprint density at radius 2 is 1.45 bits per heavy atom. The van der Waals surface area contributed by atoms with Crippen molar-refractivity contribution in [1.82, 2.24) is 4.98 Å². The van der Waals surface area contributed by atoms with Crippen molar-refractivity contribution in [2.24, 2.45) is 29.1 Å². The van der Waals surface area contributed by atoms with E-state index >= 15 is 0 Å². The highest BCUT2D eigenvalue weighted by molar-refractivity contribution is 7.15. The van der Waals surface area contributed by atoms with Gasteiger partial charge in [0.05, 0.1) is 0 Å². The number of hydrogen-bond acceptors (Lipinski definition) is 5. The summed E-state index contributed by atoms with van der Waals surface area (Å²) >= 11 is 1.56. The van der Waals surface area contributed by atoms with Crippen LogP contribution < -0.4 is 10.1 Å². The second-order valence-corrected chi connectivity index (χ2v) is 19.6. The Balaban J connectivity index is 1.15. The molecule has 6 atom stereocenters. The molecule has 6 heteroatoms. The Morgan fingerprint density at radius 3 is 2.09 bits per heavy atom. The largest absolute Gasteiger partial charge is 0.427 e. The summed E-state index contributed by atoms with van der Waals surface area (Å²) in [6.45, 7) is 9.25. The van der Waals surface area contributed by atoms with Crippen LogP contribution in [0.15, 0.2) is 24.4 Å². The number of aryl methyl sites for hydroxylation is 2. The number of nitrogens with one attached hydrogen (secondary N) is 1. The molecule has 1 heterocycles. The molecule has 0 aliphatic heterocycles. The molecule has 2 aromatic rings. The van der Waals surface area contributed by atoms with Crippen LogP contribution in [-0.4, -0.2) is 16.9 Å². The van der Waals surface area contributed by atoms with Gasteiger partial charge in [0, 0.05) is 23.9 Å². The van der Waals surface area contributed by atoms with Gasteiger partial charge in [-0.2, -0.15) is 0 Å². The van der Waals surface area contributed by atoms with Crippen LogP contribution in [0.25, 0.3) is 0 Å². The number of anilines is 1. The first-order valence-electron chi connectivity index (χ1n) is 23.4. The molecule has 308 valence electrons. The van der Waals surface area contributed by atoms with E-state index in [9.17, 15) is 9.59 Å². The van der Waals surface area contributed by atoms with Gasteiger partial charge in [-0.25, -0.2) is 4.98 Å². The number of aromatic nitrogens is 1. The first-order valence-corrected chi connectivity index (χ1v) is 24.2. The summed E-state index contributed by atoms with van der Waals surface area (Å²) < 4.78 is 5.91. The molecule has 2 fully saturated rings. The second-order valence-electron chi connectivity index (χ2n) is 18.3. The summed E-state index contributed by atoms with van der Waals surface area (Å²) in [4.78, 5) is 31.5. The number of rotatable bonds is 26. The van der Waals surface area contributed by atoms with E-state index in [1.165, 1.54) is 152 Å². The number of ether oxygens (including phenoxy) is 1. The topological polar surface area (TPSA) is 68.3 Å². The lowest BCUT2D eigenvalue weighted by Gasteiger charge is -2.52. The van der Waals surface area contributed by atoms with Gasteiger partial charge in [-0.15, -0.1) is 11.3 Å². The Hall–Kier alpha value is -2.21. The van der Waals surface area contributed by atoms with E-state index < -0.39 is 0 Å². The summed E-state index contributed by atoms with van der Waals surface area (Å²) in [6.07, 6.45) is 36.5. The van der Waals surface area contributed by atoms with Crippen LogP contribution in [0.3, 0.4) is 0 Å². The van der Waals surface area contributed by atoms with Crippen LogP contribution in [0, 0.1) is 36.0 Å². The van der Waals surface area contributed by atoms with Crippen molar-refractivity contribution in [2.45, 2.75) is 213 Å². The number of esters is 1.